The Kier molecular flexibility index (Phi) is 7.51. The molecule has 0 saturated carbocycles. The smallest absolute Gasteiger partial charge is 0.321 e. The van der Waals surface area contributed by atoms with E-state index in [0.29, 0.717) is 43.6 Å². The van der Waals surface area contributed by atoms with Crippen molar-refractivity contribution in [1.82, 2.24) is 30.0 Å². The average molecular weight is 573 g/mol. The Labute approximate surface area is 243 Å². The number of carbonyl (C=O) groups is 1. The molecule has 0 radical (unpaired) electrons. The van der Waals surface area contributed by atoms with Crippen molar-refractivity contribution in [2.75, 3.05) is 51.3 Å². The monoisotopic (exact) mass is 572 g/mol. The highest BCUT2D eigenvalue weighted by Gasteiger charge is 2.36. The van der Waals surface area contributed by atoms with Crippen LogP contribution in [-0.4, -0.2) is 94.3 Å². The fraction of sp³-hybridized carbons (Fsp3) is 0.433. The van der Waals surface area contributed by atoms with Crippen LogP contribution in [0.25, 0.3) is 21.5 Å². The van der Waals surface area contributed by atoms with Crippen LogP contribution in [0.2, 0.25) is 0 Å². The van der Waals surface area contributed by atoms with Crippen LogP contribution in [0, 0.1) is 13.5 Å². The summed E-state index contributed by atoms with van der Waals surface area (Å²) in [5, 5.41) is 8.18. The molecule has 0 spiro atoms. The Morgan fingerprint density at radius 2 is 2.14 bits per heavy atom. The summed E-state index contributed by atoms with van der Waals surface area (Å²) < 4.78 is 26.4. The number of carbonyl (C=O) groups excluding carboxylic acids is 1. The van der Waals surface area contributed by atoms with E-state index < -0.39 is 17.8 Å². The zero-order valence-corrected chi connectivity index (χ0v) is 23.8. The van der Waals surface area contributed by atoms with Gasteiger partial charge in [-0.1, -0.05) is 12.6 Å². The lowest BCUT2D eigenvalue weighted by Gasteiger charge is -2.40. The minimum absolute atomic E-state index is 0.0364. The molecule has 5 heterocycles. The van der Waals surface area contributed by atoms with Gasteiger partial charge in [0.15, 0.2) is 5.83 Å². The molecule has 1 aromatic carbocycles. The minimum atomic E-state index is -1.03. The van der Waals surface area contributed by atoms with E-state index in [1.807, 2.05) is 30.0 Å². The number of likely N-dealkylation sites (N-methyl/N-ethyl adjacent to an activating group) is 1. The van der Waals surface area contributed by atoms with E-state index in [9.17, 15) is 9.18 Å². The number of halogens is 1. The molecule has 3 aliphatic heterocycles. The second-order valence-electron chi connectivity index (χ2n) is 11.0. The second kappa shape index (κ2) is 11.4. The first kappa shape index (κ1) is 27.7. The van der Waals surface area contributed by atoms with Gasteiger partial charge in [0.25, 0.3) is 5.91 Å². The number of ether oxygens (including phenoxy) is 2. The van der Waals surface area contributed by atoms with Crippen LogP contribution < -0.4 is 14.4 Å². The summed E-state index contributed by atoms with van der Waals surface area (Å²) in [4.78, 5) is 31.2. The highest BCUT2D eigenvalue weighted by molar-refractivity contribution is 5.92. The van der Waals surface area contributed by atoms with Gasteiger partial charge < -0.3 is 29.0 Å². The molecular weight excluding hydrogens is 539 g/mol. The maximum atomic E-state index is 13.8. The molecule has 1 amide bonds. The van der Waals surface area contributed by atoms with Gasteiger partial charge in [0, 0.05) is 43.0 Å². The third-order valence-electron chi connectivity index (χ3n) is 8.36. The van der Waals surface area contributed by atoms with Crippen LogP contribution in [0.4, 0.5) is 10.2 Å². The fourth-order valence-corrected chi connectivity index (χ4v) is 6.06. The number of aromatic amines is 1. The number of fused-ring (bicyclic) bond motifs is 2. The summed E-state index contributed by atoms with van der Waals surface area (Å²) in [7, 11) is 2.09. The quantitative estimate of drug-likeness (QED) is 0.339. The number of piperazine rings is 1. The minimum Gasteiger partial charge on any atom is -0.462 e. The molecule has 2 aromatic heterocycles. The SMILES string of the molecule is [C-]#[N+]C[C@H]1CN(c2nc(OC[C@@H]3CCCN3C)nc3c2CC=C(c2c(C)ccc4[nH]ncc24)O3)CCN1C(=O)C(=C)F. The van der Waals surface area contributed by atoms with E-state index in [1.54, 1.807) is 6.20 Å². The van der Waals surface area contributed by atoms with E-state index in [1.165, 1.54) is 4.90 Å². The number of H-pyrrole nitrogens is 1. The fourth-order valence-electron chi connectivity index (χ4n) is 6.06. The molecule has 42 heavy (non-hydrogen) atoms. The van der Waals surface area contributed by atoms with Crippen LogP contribution in [0.1, 0.15) is 29.5 Å². The molecule has 0 aliphatic carbocycles. The predicted molar refractivity (Wildman–Crippen MR) is 156 cm³/mol. The van der Waals surface area contributed by atoms with Crippen LogP contribution in [0.15, 0.2) is 36.8 Å². The van der Waals surface area contributed by atoms with Crippen molar-refractivity contribution >= 4 is 28.4 Å². The number of allylic oxidation sites excluding steroid dienone is 1. The molecule has 218 valence electrons. The second-order valence-corrected chi connectivity index (χ2v) is 11.0. The van der Waals surface area contributed by atoms with Gasteiger partial charge in [0.2, 0.25) is 12.4 Å². The maximum absolute atomic E-state index is 13.8. The van der Waals surface area contributed by atoms with Crippen molar-refractivity contribution < 1.29 is 18.7 Å². The topological polar surface area (TPSA) is 104 Å². The van der Waals surface area contributed by atoms with Crippen LogP contribution in [0.3, 0.4) is 0 Å². The summed E-state index contributed by atoms with van der Waals surface area (Å²) in [6.45, 7) is 15.1. The Bertz CT molecular complexity index is 1610. The number of nitrogens with zero attached hydrogens (tertiary/aromatic N) is 7. The van der Waals surface area contributed by atoms with E-state index in [0.717, 1.165) is 47.0 Å². The molecule has 1 N–H and O–H groups in total. The Balaban J connectivity index is 1.35. The zero-order valence-electron chi connectivity index (χ0n) is 23.8. The largest absolute Gasteiger partial charge is 0.462 e. The van der Waals surface area contributed by atoms with E-state index in [4.69, 9.17) is 26.0 Å². The third-order valence-corrected chi connectivity index (χ3v) is 8.36. The van der Waals surface area contributed by atoms with E-state index in [-0.39, 0.29) is 25.1 Å². The van der Waals surface area contributed by atoms with Gasteiger partial charge >= 0.3 is 6.01 Å². The predicted octanol–water partition coefficient (Wildman–Crippen LogP) is 3.53. The standard InChI is InChI=1S/C30H33FN8O3/c1-18-7-9-24-23(15-33-36-24)26(18)25-10-8-22-27(38-12-13-39(29(40)19(2)31)21(16-38)14-32-3)34-30(35-28(22)42-25)41-17-20-6-5-11-37(20)4/h7,9-10,15,20-21H,2,5-6,8,11-14,16-17H2,1,4H3,(H,33,36)/t20-,21-/m0/s1. The normalized spacial score (nSPS) is 20.6. The molecule has 0 bridgehead atoms. The van der Waals surface area contributed by atoms with Gasteiger partial charge in [-0.15, -0.1) is 0 Å². The van der Waals surface area contributed by atoms with Crippen LogP contribution in [0.5, 0.6) is 11.9 Å². The molecule has 2 saturated heterocycles. The van der Waals surface area contributed by atoms with E-state index in [2.05, 4.69) is 33.6 Å². The Hall–Kier alpha value is -4.50. The van der Waals surface area contributed by atoms with Crippen molar-refractivity contribution in [3.05, 3.63) is 64.9 Å². The number of likely N-dealkylation sites (tertiary alicyclic amines) is 1. The van der Waals surface area contributed by atoms with Gasteiger partial charge in [-0.25, -0.2) is 11.0 Å². The highest BCUT2D eigenvalue weighted by Crippen LogP contribution is 2.39. The number of benzene rings is 1. The summed E-state index contributed by atoms with van der Waals surface area (Å²) >= 11 is 0. The zero-order chi connectivity index (χ0) is 29.4. The number of aryl methyl sites for hydroxylation is 1. The van der Waals surface area contributed by atoms with Gasteiger partial charge in [-0.05, 0) is 51.1 Å². The molecule has 12 heteroatoms. The maximum Gasteiger partial charge on any atom is 0.321 e. The molecule has 0 unspecified atom stereocenters. The highest BCUT2D eigenvalue weighted by atomic mass is 19.1. The first-order valence-corrected chi connectivity index (χ1v) is 14.1. The molecular formula is C30H33FN8O3. The van der Waals surface area contributed by atoms with Gasteiger partial charge in [0.1, 0.15) is 24.2 Å². The molecule has 2 atom stereocenters. The number of hydrogen-bond acceptors (Lipinski definition) is 8. The molecule has 6 rings (SSSR count). The molecule has 2 fully saturated rings. The molecule has 3 aliphatic rings. The Morgan fingerprint density at radius 1 is 1.29 bits per heavy atom. The van der Waals surface area contributed by atoms with Crippen molar-refractivity contribution in [2.45, 2.75) is 38.3 Å². The number of nitrogens with one attached hydrogen (secondary N) is 1. The van der Waals surface area contributed by atoms with Gasteiger partial charge in [-0.2, -0.15) is 15.1 Å². The summed E-state index contributed by atoms with van der Waals surface area (Å²) in [5.74, 6) is -0.0910. The number of rotatable bonds is 7. The van der Waals surface area contributed by atoms with Crippen molar-refractivity contribution in [3.8, 4) is 11.9 Å². The van der Waals surface area contributed by atoms with Crippen LogP contribution in [-0.2, 0) is 11.2 Å². The first-order chi connectivity index (χ1) is 20.3. The summed E-state index contributed by atoms with van der Waals surface area (Å²) in [5.41, 5.74) is 3.69. The number of aromatic nitrogens is 4. The number of hydrogen-bond donors (Lipinski definition) is 1. The molecule has 11 nitrogen and oxygen atoms in total. The van der Waals surface area contributed by atoms with Gasteiger partial charge in [0.05, 0.1) is 17.3 Å². The first-order valence-electron chi connectivity index (χ1n) is 14.1. The van der Waals surface area contributed by atoms with Crippen molar-refractivity contribution in [3.63, 3.8) is 0 Å². The van der Waals surface area contributed by atoms with Crippen molar-refractivity contribution in [1.29, 1.82) is 0 Å². The van der Waals surface area contributed by atoms with Gasteiger partial charge in [-0.3, -0.25) is 9.89 Å². The summed E-state index contributed by atoms with van der Waals surface area (Å²) in [6.07, 6.45) is 6.47. The van der Waals surface area contributed by atoms with Crippen molar-refractivity contribution in [2.24, 2.45) is 0 Å². The number of anilines is 1. The third kappa shape index (κ3) is 5.16. The van der Waals surface area contributed by atoms with E-state index >= 15 is 0 Å². The summed E-state index contributed by atoms with van der Waals surface area (Å²) in [6, 6.07) is 3.98. The lowest BCUT2D eigenvalue weighted by molar-refractivity contribution is -0.131. The molecule has 3 aromatic rings. The average Bonchev–Trinajstić information content (AvgIpc) is 3.63. The Morgan fingerprint density at radius 3 is 2.90 bits per heavy atom. The lowest BCUT2D eigenvalue weighted by Crippen LogP contribution is -2.56. The van der Waals surface area contributed by atoms with Crippen LogP contribution >= 0.6 is 0 Å². The number of amides is 1. The lowest BCUT2D eigenvalue weighted by atomic mass is 9.99.